The van der Waals surface area contributed by atoms with Gasteiger partial charge in [0, 0.05) is 19.6 Å². The van der Waals surface area contributed by atoms with Gasteiger partial charge in [0.15, 0.2) is 0 Å². The number of fused-ring (bicyclic) bond motifs is 1. The Balaban J connectivity index is 1.81. The van der Waals surface area contributed by atoms with Crippen LogP contribution in [0.1, 0.15) is 27.0 Å². The van der Waals surface area contributed by atoms with E-state index in [9.17, 15) is 9.90 Å². The topological polar surface area (TPSA) is 40.5 Å². The fourth-order valence-electron chi connectivity index (χ4n) is 2.64. The lowest BCUT2D eigenvalue weighted by molar-refractivity contribution is 0.0695. The lowest BCUT2D eigenvalue weighted by Gasteiger charge is -2.14. The first-order chi connectivity index (χ1) is 9.24. The zero-order valence-corrected chi connectivity index (χ0v) is 10.5. The third-order valence-corrected chi connectivity index (χ3v) is 3.53. The fourth-order valence-corrected chi connectivity index (χ4v) is 2.64. The largest absolute Gasteiger partial charge is 0.478 e. The van der Waals surface area contributed by atoms with Crippen molar-refractivity contribution in [2.45, 2.75) is 19.6 Å². The molecular formula is C16H15NO2. The highest BCUT2D eigenvalue weighted by Crippen LogP contribution is 2.27. The molecule has 3 rings (SSSR count). The average molecular weight is 253 g/mol. The molecule has 96 valence electrons. The maximum atomic E-state index is 11.2. The van der Waals surface area contributed by atoms with Gasteiger partial charge in [-0.05, 0) is 22.8 Å². The summed E-state index contributed by atoms with van der Waals surface area (Å²) >= 11 is 0. The van der Waals surface area contributed by atoms with Crippen molar-refractivity contribution < 1.29 is 9.90 Å². The predicted octanol–water partition coefficient (Wildman–Crippen LogP) is 2.90. The lowest BCUT2D eigenvalue weighted by atomic mass is 10.0. The summed E-state index contributed by atoms with van der Waals surface area (Å²) in [5.41, 5.74) is 3.79. The Hall–Kier alpha value is -2.13. The molecule has 0 atom stereocenters. The molecule has 1 heterocycles. The van der Waals surface area contributed by atoms with E-state index in [1.807, 2.05) is 30.3 Å². The summed E-state index contributed by atoms with van der Waals surface area (Å²) < 4.78 is 0. The van der Waals surface area contributed by atoms with Gasteiger partial charge in [0.25, 0.3) is 0 Å². The molecule has 0 unspecified atom stereocenters. The second-order valence-corrected chi connectivity index (χ2v) is 4.88. The van der Waals surface area contributed by atoms with Crippen LogP contribution in [0.15, 0.2) is 48.5 Å². The first kappa shape index (κ1) is 11.9. The number of hydrogen-bond acceptors (Lipinski definition) is 2. The number of carboxylic acid groups (broad SMARTS) is 1. The number of benzene rings is 2. The smallest absolute Gasteiger partial charge is 0.336 e. The summed E-state index contributed by atoms with van der Waals surface area (Å²) in [6, 6.07) is 15.8. The van der Waals surface area contributed by atoms with Crippen LogP contribution in [0.2, 0.25) is 0 Å². The van der Waals surface area contributed by atoms with Crippen molar-refractivity contribution in [3.05, 3.63) is 70.8 Å². The Morgan fingerprint density at radius 2 is 1.84 bits per heavy atom. The van der Waals surface area contributed by atoms with Gasteiger partial charge in [0.2, 0.25) is 0 Å². The van der Waals surface area contributed by atoms with Crippen LogP contribution in [0.4, 0.5) is 0 Å². The highest BCUT2D eigenvalue weighted by Gasteiger charge is 2.23. The normalized spacial score (nSPS) is 14.3. The summed E-state index contributed by atoms with van der Waals surface area (Å²) in [4.78, 5) is 13.5. The molecule has 0 saturated heterocycles. The molecule has 2 aromatic rings. The van der Waals surface area contributed by atoms with Crippen LogP contribution in [0.5, 0.6) is 0 Å². The van der Waals surface area contributed by atoms with Gasteiger partial charge in [0.1, 0.15) is 0 Å². The van der Waals surface area contributed by atoms with Gasteiger partial charge in [-0.3, -0.25) is 4.90 Å². The van der Waals surface area contributed by atoms with Crippen molar-refractivity contribution in [2.24, 2.45) is 0 Å². The van der Waals surface area contributed by atoms with Gasteiger partial charge in [-0.2, -0.15) is 0 Å². The Morgan fingerprint density at radius 3 is 2.58 bits per heavy atom. The zero-order chi connectivity index (χ0) is 13.2. The quantitative estimate of drug-likeness (QED) is 0.914. The Bertz CT molecular complexity index is 607. The molecule has 0 aromatic heterocycles. The minimum absolute atomic E-state index is 0.438. The fraction of sp³-hybridized carbons (Fsp3) is 0.188. The molecule has 0 radical (unpaired) electrons. The summed E-state index contributed by atoms with van der Waals surface area (Å²) in [6.45, 7) is 2.40. The molecule has 0 saturated carbocycles. The molecule has 3 nitrogen and oxygen atoms in total. The van der Waals surface area contributed by atoms with Gasteiger partial charge in [0.05, 0.1) is 5.56 Å². The summed E-state index contributed by atoms with van der Waals surface area (Å²) in [5, 5.41) is 9.21. The number of rotatable bonds is 3. The molecule has 1 N–H and O–H groups in total. The monoisotopic (exact) mass is 253 g/mol. The van der Waals surface area contributed by atoms with Gasteiger partial charge >= 0.3 is 5.97 Å². The van der Waals surface area contributed by atoms with E-state index in [1.54, 1.807) is 6.07 Å². The van der Waals surface area contributed by atoms with Crippen LogP contribution in [-0.4, -0.2) is 16.0 Å². The summed E-state index contributed by atoms with van der Waals surface area (Å²) in [6.07, 6.45) is 0. The first-order valence-electron chi connectivity index (χ1n) is 6.34. The van der Waals surface area contributed by atoms with Crippen molar-refractivity contribution in [1.29, 1.82) is 0 Å². The minimum atomic E-state index is -0.835. The Morgan fingerprint density at radius 1 is 1.05 bits per heavy atom. The SMILES string of the molecule is O=C(O)c1cccc2c1CN(Cc1ccccc1)C2. The number of aromatic carboxylic acids is 1. The van der Waals surface area contributed by atoms with Gasteiger partial charge in [-0.1, -0.05) is 42.5 Å². The molecule has 0 fully saturated rings. The average Bonchev–Trinajstić information content (AvgIpc) is 2.81. The second-order valence-electron chi connectivity index (χ2n) is 4.88. The number of carboxylic acids is 1. The van der Waals surface area contributed by atoms with Gasteiger partial charge < -0.3 is 5.11 Å². The molecule has 19 heavy (non-hydrogen) atoms. The first-order valence-corrected chi connectivity index (χ1v) is 6.34. The number of hydrogen-bond donors (Lipinski definition) is 1. The third-order valence-electron chi connectivity index (χ3n) is 3.53. The van der Waals surface area contributed by atoms with Gasteiger partial charge in [-0.15, -0.1) is 0 Å². The van der Waals surface area contributed by atoms with E-state index in [4.69, 9.17) is 0 Å². The minimum Gasteiger partial charge on any atom is -0.478 e. The van der Waals surface area contributed by atoms with Crippen LogP contribution in [0.3, 0.4) is 0 Å². The number of nitrogens with zero attached hydrogens (tertiary/aromatic N) is 1. The van der Waals surface area contributed by atoms with Crippen LogP contribution in [0, 0.1) is 0 Å². The highest BCUT2D eigenvalue weighted by molar-refractivity contribution is 5.90. The summed E-state index contributed by atoms with van der Waals surface area (Å²) in [5.74, 6) is -0.835. The van der Waals surface area contributed by atoms with Crippen molar-refractivity contribution in [3.63, 3.8) is 0 Å². The molecular weight excluding hydrogens is 238 g/mol. The van der Waals surface area contributed by atoms with Crippen molar-refractivity contribution in [1.82, 2.24) is 4.90 Å². The van der Waals surface area contributed by atoms with E-state index in [-0.39, 0.29) is 0 Å². The predicted molar refractivity (Wildman–Crippen MR) is 72.8 cm³/mol. The maximum Gasteiger partial charge on any atom is 0.336 e. The highest BCUT2D eigenvalue weighted by atomic mass is 16.4. The van der Waals surface area contributed by atoms with E-state index < -0.39 is 5.97 Å². The molecule has 1 aliphatic heterocycles. The Kier molecular flexibility index (Phi) is 3.05. The molecule has 0 spiro atoms. The van der Waals surface area contributed by atoms with E-state index in [0.29, 0.717) is 12.1 Å². The molecule has 1 aliphatic rings. The van der Waals surface area contributed by atoms with Crippen LogP contribution < -0.4 is 0 Å². The Labute approximate surface area is 112 Å². The van der Waals surface area contributed by atoms with E-state index in [2.05, 4.69) is 17.0 Å². The van der Waals surface area contributed by atoms with E-state index >= 15 is 0 Å². The maximum absolute atomic E-state index is 11.2. The van der Waals surface area contributed by atoms with Crippen LogP contribution in [0.25, 0.3) is 0 Å². The van der Waals surface area contributed by atoms with Crippen molar-refractivity contribution in [2.75, 3.05) is 0 Å². The van der Waals surface area contributed by atoms with Crippen LogP contribution in [-0.2, 0) is 19.6 Å². The molecule has 2 aromatic carbocycles. The number of carbonyl (C=O) groups is 1. The molecule has 0 aliphatic carbocycles. The van der Waals surface area contributed by atoms with Gasteiger partial charge in [-0.25, -0.2) is 4.79 Å². The molecule has 0 bridgehead atoms. The van der Waals surface area contributed by atoms with Crippen molar-refractivity contribution in [3.8, 4) is 0 Å². The molecule has 3 heteroatoms. The van der Waals surface area contributed by atoms with E-state index in [0.717, 1.165) is 24.2 Å². The lowest BCUT2D eigenvalue weighted by Crippen LogP contribution is -2.15. The zero-order valence-electron chi connectivity index (χ0n) is 10.5. The van der Waals surface area contributed by atoms with Crippen LogP contribution >= 0.6 is 0 Å². The third kappa shape index (κ3) is 2.37. The standard InChI is InChI=1S/C16H15NO2/c18-16(19)14-8-4-7-13-10-17(11-15(13)14)9-12-5-2-1-3-6-12/h1-8H,9-11H2,(H,18,19). The molecule has 0 amide bonds. The second kappa shape index (κ2) is 4.86. The van der Waals surface area contributed by atoms with E-state index in [1.165, 1.54) is 5.56 Å². The summed E-state index contributed by atoms with van der Waals surface area (Å²) in [7, 11) is 0. The van der Waals surface area contributed by atoms with Crippen molar-refractivity contribution >= 4 is 5.97 Å².